The van der Waals surface area contributed by atoms with Crippen LogP contribution in [0.5, 0.6) is 0 Å². The molecule has 0 radical (unpaired) electrons. The van der Waals surface area contributed by atoms with Crippen LogP contribution in [0.15, 0.2) is 23.1 Å². The fourth-order valence-electron chi connectivity index (χ4n) is 1.97. The van der Waals surface area contributed by atoms with E-state index in [0.29, 0.717) is 13.0 Å². The molecule has 20 heavy (non-hydrogen) atoms. The topological polar surface area (TPSA) is 90.3 Å². The number of likely N-dealkylation sites (N-methyl/N-ethyl adjacent to an activating group) is 1. The third kappa shape index (κ3) is 2.77. The van der Waals surface area contributed by atoms with Gasteiger partial charge in [-0.25, -0.2) is 8.42 Å². The molecule has 1 heterocycles. The molecule has 2 rings (SSSR count). The largest absolute Gasteiger partial charge is 0.344 e. The monoisotopic (exact) mass is 313 g/mol. The lowest BCUT2D eigenvalue weighted by Gasteiger charge is -2.13. The lowest BCUT2D eigenvalue weighted by atomic mass is 10.2. The highest BCUT2D eigenvalue weighted by atomic mass is 35.5. The fourth-order valence-corrected chi connectivity index (χ4v) is 3.74. The first-order valence-electron chi connectivity index (χ1n) is 5.82. The van der Waals surface area contributed by atoms with Gasteiger partial charge in [0.25, 0.3) is 0 Å². The van der Waals surface area contributed by atoms with Gasteiger partial charge in [-0.15, -0.1) is 0 Å². The fraction of sp³-hybridized carbons (Fsp3) is 0.333. The molecule has 1 saturated heterocycles. The number of likely N-dealkylation sites (tertiary alicyclic amines) is 1. The number of amides is 1. The zero-order chi connectivity index (χ0) is 14.9. The Bertz CT molecular complexity index is 696. The van der Waals surface area contributed by atoms with E-state index in [1.54, 1.807) is 7.05 Å². The summed E-state index contributed by atoms with van der Waals surface area (Å²) in [5, 5.41) is 8.68. The Morgan fingerprint density at radius 1 is 1.50 bits per heavy atom. The van der Waals surface area contributed by atoms with E-state index in [1.165, 1.54) is 23.1 Å². The van der Waals surface area contributed by atoms with Crippen molar-refractivity contribution in [1.82, 2.24) is 9.62 Å². The second kappa shape index (κ2) is 5.40. The molecule has 6 nitrogen and oxygen atoms in total. The number of nitrogens with zero attached hydrogens (tertiary/aromatic N) is 2. The summed E-state index contributed by atoms with van der Waals surface area (Å²) >= 11 is 5.88. The highest BCUT2D eigenvalue weighted by Gasteiger charge is 2.33. The predicted molar refractivity (Wildman–Crippen MR) is 72.5 cm³/mol. The van der Waals surface area contributed by atoms with Crippen LogP contribution in [-0.2, 0) is 14.8 Å². The van der Waals surface area contributed by atoms with Crippen molar-refractivity contribution in [2.24, 2.45) is 0 Å². The third-order valence-electron chi connectivity index (χ3n) is 3.08. The lowest BCUT2D eigenvalue weighted by molar-refractivity contribution is -0.127. The lowest BCUT2D eigenvalue weighted by Crippen LogP contribution is -2.40. The number of benzene rings is 1. The number of halogens is 1. The van der Waals surface area contributed by atoms with Crippen LogP contribution < -0.4 is 4.72 Å². The molecular formula is C12H12ClN3O3S. The number of sulfonamides is 1. The van der Waals surface area contributed by atoms with Gasteiger partial charge in [0.15, 0.2) is 0 Å². The second-order valence-electron chi connectivity index (χ2n) is 4.48. The molecule has 1 N–H and O–H groups in total. The number of nitrogens with one attached hydrogen (secondary N) is 1. The highest BCUT2D eigenvalue weighted by Crippen LogP contribution is 2.23. The molecule has 0 saturated carbocycles. The van der Waals surface area contributed by atoms with Gasteiger partial charge in [0, 0.05) is 13.6 Å². The van der Waals surface area contributed by atoms with Gasteiger partial charge in [0.2, 0.25) is 15.9 Å². The van der Waals surface area contributed by atoms with Gasteiger partial charge < -0.3 is 4.90 Å². The van der Waals surface area contributed by atoms with Crippen LogP contribution in [0.25, 0.3) is 0 Å². The van der Waals surface area contributed by atoms with Crippen molar-refractivity contribution in [1.29, 1.82) is 5.26 Å². The molecule has 1 aromatic rings. The van der Waals surface area contributed by atoms with Gasteiger partial charge in [-0.3, -0.25) is 4.79 Å². The molecule has 1 fully saturated rings. The molecule has 1 atom stereocenters. The van der Waals surface area contributed by atoms with Gasteiger partial charge in [-0.2, -0.15) is 9.98 Å². The summed E-state index contributed by atoms with van der Waals surface area (Å²) < 4.78 is 26.8. The van der Waals surface area contributed by atoms with Crippen LogP contribution in [0, 0.1) is 11.3 Å². The molecule has 0 spiro atoms. The van der Waals surface area contributed by atoms with Crippen LogP contribution in [0.3, 0.4) is 0 Å². The van der Waals surface area contributed by atoms with Gasteiger partial charge in [0.05, 0.1) is 16.7 Å². The smallest absolute Gasteiger partial charge is 0.242 e. The number of carbonyl (C=O) groups excluding carboxylic acids is 1. The van der Waals surface area contributed by atoms with E-state index in [4.69, 9.17) is 16.9 Å². The van der Waals surface area contributed by atoms with E-state index in [0.717, 1.165) is 0 Å². The van der Waals surface area contributed by atoms with Gasteiger partial charge in [-0.05, 0) is 24.6 Å². The maximum atomic E-state index is 12.2. The van der Waals surface area contributed by atoms with E-state index in [9.17, 15) is 13.2 Å². The SMILES string of the molecule is CN1CCC(NS(=O)(=O)c2ccc(C#N)cc2Cl)C1=O. The molecule has 1 amide bonds. The summed E-state index contributed by atoms with van der Waals surface area (Å²) in [6.07, 6.45) is 0.419. The Morgan fingerprint density at radius 3 is 2.70 bits per heavy atom. The molecule has 1 aliphatic heterocycles. The zero-order valence-electron chi connectivity index (χ0n) is 10.6. The summed E-state index contributed by atoms with van der Waals surface area (Å²) in [4.78, 5) is 13.1. The van der Waals surface area contributed by atoms with Crippen LogP contribution in [0.4, 0.5) is 0 Å². The normalized spacial score (nSPS) is 19.1. The van der Waals surface area contributed by atoms with E-state index in [2.05, 4.69) is 4.72 Å². The molecule has 1 aliphatic rings. The minimum atomic E-state index is -3.89. The summed E-state index contributed by atoms with van der Waals surface area (Å²) in [6.45, 7) is 0.507. The van der Waals surface area contributed by atoms with Crippen molar-refractivity contribution in [3.63, 3.8) is 0 Å². The van der Waals surface area contributed by atoms with Crippen molar-refractivity contribution in [2.75, 3.05) is 13.6 Å². The van der Waals surface area contributed by atoms with E-state index >= 15 is 0 Å². The Balaban J connectivity index is 2.28. The first-order chi connectivity index (χ1) is 9.35. The van der Waals surface area contributed by atoms with Crippen molar-refractivity contribution in [3.8, 4) is 6.07 Å². The molecule has 106 valence electrons. The predicted octanol–water partition coefficient (Wildman–Crippen LogP) is 0.721. The van der Waals surface area contributed by atoms with Crippen LogP contribution in [0.1, 0.15) is 12.0 Å². The molecule has 0 aromatic heterocycles. The quantitative estimate of drug-likeness (QED) is 0.890. The summed E-state index contributed by atoms with van der Waals surface area (Å²) in [7, 11) is -2.28. The second-order valence-corrected chi connectivity index (χ2v) is 6.57. The molecule has 0 aliphatic carbocycles. The number of hydrogen-bond donors (Lipinski definition) is 1. The first-order valence-corrected chi connectivity index (χ1v) is 7.68. The van der Waals surface area contributed by atoms with Crippen LogP contribution >= 0.6 is 11.6 Å². The van der Waals surface area contributed by atoms with Gasteiger partial charge in [-0.1, -0.05) is 11.6 Å². The first kappa shape index (κ1) is 14.8. The van der Waals surface area contributed by atoms with Crippen molar-refractivity contribution in [2.45, 2.75) is 17.4 Å². The maximum absolute atomic E-state index is 12.2. The molecule has 0 bridgehead atoms. The Hall–Kier alpha value is -1.62. The summed E-state index contributed by atoms with van der Waals surface area (Å²) in [5.41, 5.74) is 0.269. The van der Waals surface area contributed by atoms with E-state index < -0.39 is 16.1 Å². The Morgan fingerprint density at radius 2 is 2.20 bits per heavy atom. The van der Waals surface area contributed by atoms with Crippen molar-refractivity contribution in [3.05, 3.63) is 28.8 Å². The average Bonchev–Trinajstić information content (AvgIpc) is 2.69. The number of hydrogen-bond acceptors (Lipinski definition) is 4. The Kier molecular flexibility index (Phi) is 3.99. The van der Waals surface area contributed by atoms with Gasteiger partial charge >= 0.3 is 0 Å². The number of nitriles is 1. The molecule has 8 heteroatoms. The minimum absolute atomic E-state index is 0.0460. The number of rotatable bonds is 3. The zero-order valence-corrected chi connectivity index (χ0v) is 12.2. The number of carbonyl (C=O) groups is 1. The standard InChI is InChI=1S/C12H12ClN3O3S/c1-16-5-4-10(12(16)17)15-20(18,19)11-3-2-8(7-14)6-9(11)13/h2-3,6,10,15H,4-5H2,1H3. The summed E-state index contributed by atoms with van der Waals surface area (Å²) in [6, 6.07) is 5.00. The minimum Gasteiger partial charge on any atom is -0.344 e. The van der Waals surface area contributed by atoms with Crippen molar-refractivity contribution < 1.29 is 13.2 Å². The van der Waals surface area contributed by atoms with E-state index in [-0.39, 0.29) is 21.4 Å². The van der Waals surface area contributed by atoms with Crippen molar-refractivity contribution >= 4 is 27.5 Å². The molecular weight excluding hydrogens is 302 g/mol. The Labute approximate surface area is 122 Å². The third-order valence-corrected chi connectivity index (χ3v) is 5.03. The maximum Gasteiger partial charge on any atom is 0.242 e. The average molecular weight is 314 g/mol. The summed E-state index contributed by atoms with van der Waals surface area (Å²) in [5.74, 6) is -0.265. The van der Waals surface area contributed by atoms with Gasteiger partial charge in [0.1, 0.15) is 10.9 Å². The highest BCUT2D eigenvalue weighted by molar-refractivity contribution is 7.89. The van der Waals surface area contributed by atoms with Crippen LogP contribution in [-0.4, -0.2) is 38.9 Å². The van der Waals surface area contributed by atoms with E-state index in [1.807, 2.05) is 6.07 Å². The molecule has 1 aromatic carbocycles. The van der Waals surface area contributed by atoms with Crippen LogP contribution in [0.2, 0.25) is 5.02 Å². The molecule has 1 unspecified atom stereocenters.